The fourth-order valence-corrected chi connectivity index (χ4v) is 6.70. The second-order valence-corrected chi connectivity index (χ2v) is 14.0. The van der Waals surface area contributed by atoms with Gasteiger partial charge in [-0.2, -0.15) is 0 Å². The Balaban J connectivity index is 1.23. The first kappa shape index (κ1) is 31.9. The van der Waals surface area contributed by atoms with Crippen LogP contribution < -0.4 is 0 Å². The average Bonchev–Trinajstić information content (AvgIpc) is 3.55. The maximum Gasteiger partial charge on any atom is 0.165 e. The van der Waals surface area contributed by atoms with E-state index in [0.29, 0.717) is 11.4 Å². The molecule has 0 spiro atoms. The fraction of sp³-hybridized carbons (Fsp3) is 0.109. The molecule has 0 aliphatic carbocycles. The van der Waals surface area contributed by atoms with Crippen molar-refractivity contribution >= 4 is 11.2 Å². The van der Waals surface area contributed by atoms with Crippen LogP contribution in [0.5, 0.6) is 5.75 Å². The number of phenols is 1. The number of aromatic hydroxyl groups is 1. The summed E-state index contributed by atoms with van der Waals surface area (Å²) in [5.41, 5.74) is 13.8. The van der Waals surface area contributed by atoms with Gasteiger partial charge in [-0.05, 0) is 93.7 Å². The first-order chi connectivity index (χ1) is 24.7. The zero-order chi connectivity index (χ0) is 35.1. The Morgan fingerprint density at radius 2 is 1.24 bits per heavy atom. The van der Waals surface area contributed by atoms with Crippen LogP contribution in [-0.2, 0) is 5.41 Å². The lowest BCUT2D eigenvalue weighted by atomic mass is 9.86. The molecular weight excluding hydrogens is 625 g/mol. The maximum atomic E-state index is 11.2. The molecule has 3 aromatic heterocycles. The lowest BCUT2D eigenvalue weighted by Crippen LogP contribution is -2.11. The summed E-state index contributed by atoms with van der Waals surface area (Å²) in [6.07, 6.45) is 3.79. The van der Waals surface area contributed by atoms with E-state index < -0.39 is 0 Å². The van der Waals surface area contributed by atoms with Crippen LogP contribution in [-0.4, -0.2) is 24.6 Å². The van der Waals surface area contributed by atoms with Gasteiger partial charge in [0.1, 0.15) is 11.3 Å². The highest BCUT2D eigenvalue weighted by Crippen LogP contribution is 2.39. The van der Waals surface area contributed by atoms with Crippen LogP contribution in [0.1, 0.15) is 31.9 Å². The maximum absolute atomic E-state index is 11.2. The normalized spacial score (nSPS) is 11.6. The molecule has 0 saturated heterocycles. The van der Waals surface area contributed by atoms with Gasteiger partial charge in [-0.1, -0.05) is 118 Å². The largest absolute Gasteiger partial charge is 0.507 e. The zero-order valence-electron chi connectivity index (χ0n) is 29.2. The predicted molar refractivity (Wildman–Crippen MR) is 209 cm³/mol. The number of fused-ring (bicyclic) bond motifs is 1. The molecule has 3 heterocycles. The zero-order valence-corrected chi connectivity index (χ0v) is 29.2. The van der Waals surface area contributed by atoms with Crippen LogP contribution in [0, 0.1) is 6.92 Å². The number of imidazole rings is 1. The molecule has 0 fully saturated rings. The summed E-state index contributed by atoms with van der Waals surface area (Å²) in [6, 6.07) is 47.7. The Bertz CT molecular complexity index is 2510. The Morgan fingerprint density at radius 1 is 0.569 bits per heavy atom. The van der Waals surface area contributed by atoms with Crippen LogP contribution in [0.4, 0.5) is 0 Å². The Labute approximate surface area is 298 Å². The third-order valence-corrected chi connectivity index (χ3v) is 9.54. The van der Waals surface area contributed by atoms with Crippen molar-refractivity contribution in [2.45, 2.75) is 33.1 Å². The summed E-state index contributed by atoms with van der Waals surface area (Å²) < 4.78 is 2.04. The summed E-state index contributed by atoms with van der Waals surface area (Å²) in [7, 11) is 0. The lowest BCUT2D eigenvalue weighted by Gasteiger charge is -2.20. The second-order valence-electron chi connectivity index (χ2n) is 14.0. The molecule has 0 amide bonds. The van der Waals surface area contributed by atoms with Crippen molar-refractivity contribution in [3.63, 3.8) is 0 Å². The molecule has 0 radical (unpaired) electrons. The molecule has 0 aliphatic rings. The van der Waals surface area contributed by atoms with Crippen molar-refractivity contribution < 1.29 is 5.11 Å². The number of aromatic nitrogens is 4. The standard InChI is InChI=1S/C46H38N4O/c1-30-29-48-41(28-39(30)33-20-18-32(19-21-33)31-12-7-5-8-13-31)35-15-11-14-34(26-35)38-24-25-47-45-43(38)49-44(50(45)37-16-9-6-10-17-37)40-27-36(46(2,3)4)22-23-42(40)51/h5-29,51H,1-4H3. The molecule has 0 aliphatic heterocycles. The highest BCUT2D eigenvalue weighted by Gasteiger charge is 2.23. The van der Waals surface area contributed by atoms with Gasteiger partial charge in [0.05, 0.1) is 11.3 Å². The van der Waals surface area contributed by atoms with Crippen LogP contribution in [0.2, 0.25) is 0 Å². The number of para-hydroxylation sites is 1. The molecule has 5 nitrogen and oxygen atoms in total. The van der Waals surface area contributed by atoms with Crippen LogP contribution >= 0.6 is 0 Å². The summed E-state index contributed by atoms with van der Waals surface area (Å²) in [5.74, 6) is 0.814. The second kappa shape index (κ2) is 12.8. The predicted octanol–water partition coefficient (Wildman–Crippen LogP) is 11.5. The Hall–Kier alpha value is -6.33. The van der Waals surface area contributed by atoms with Crippen molar-refractivity contribution in [1.29, 1.82) is 0 Å². The highest BCUT2D eigenvalue weighted by molar-refractivity contribution is 5.94. The van der Waals surface area contributed by atoms with Crippen molar-refractivity contribution in [3.05, 3.63) is 163 Å². The number of hydrogen-bond donors (Lipinski definition) is 1. The van der Waals surface area contributed by atoms with Gasteiger partial charge in [0.25, 0.3) is 0 Å². The van der Waals surface area contributed by atoms with E-state index in [2.05, 4.69) is 107 Å². The molecule has 248 valence electrons. The fourth-order valence-electron chi connectivity index (χ4n) is 6.70. The lowest BCUT2D eigenvalue weighted by molar-refractivity contribution is 0.475. The highest BCUT2D eigenvalue weighted by atomic mass is 16.3. The Kier molecular flexibility index (Phi) is 8.04. The minimum atomic E-state index is -0.106. The van der Waals surface area contributed by atoms with Gasteiger partial charge < -0.3 is 5.11 Å². The summed E-state index contributed by atoms with van der Waals surface area (Å²) in [6.45, 7) is 8.62. The van der Waals surface area contributed by atoms with E-state index in [9.17, 15) is 5.11 Å². The quantitative estimate of drug-likeness (QED) is 0.192. The SMILES string of the molecule is Cc1cnc(-c2cccc(-c3ccnc4c3nc(-c3cc(C(C)(C)C)ccc3O)n4-c3ccccc3)c2)cc1-c1ccc(-c2ccccc2)cc1. The minimum absolute atomic E-state index is 0.106. The van der Waals surface area contributed by atoms with Gasteiger partial charge in [-0.15, -0.1) is 0 Å². The van der Waals surface area contributed by atoms with E-state index in [0.717, 1.165) is 61.5 Å². The molecule has 0 bridgehead atoms. The van der Waals surface area contributed by atoms with Gasteiger partial charge in [-0.3, -0.25) is 9.55 Å². The average molecular weight is 663 g/mol. The van der Waals surface area contributed by atoms with Crippen molar-refractivity contribution in [1.82, 2.24) is 19.5 Å². The number of phenolic OH excluding ortho intramolecular Hbond substituents is 1. The molecule has 0 unspecified atom stereocenters. The van der Waals surface area contributed by atoms with Gasteiger partial charge in [-0.25, -0.2) is 9.97 Å². The molecule has 0 saturated carbocycles. The summed E-state index contributed by atoms with van der Waals surface area (Å²) in [4.78, 5) is 15.0. The first-order valence-electron chi connectivity index (χ1n) is 17.2. The van der Waals surface area contributed by atoms with E-state index >= 15 is 0 Å². The van der Waals surface area contributed by atoms with Crippen LogP contribution in [0.15, 0.2) is 152 Å². The van der Waals surface area contributed by atoms with Crippen LogP contribution in [0.3, 0.4) is 0 Å². The number of hydrogen-bond acceptors (Lipinski definition) is 4. The van der Waals surface area contributed by atoms with Gasteiger partial charge in [0, 0.05) is 29.2 Å². The molecular formula is C46H38N4O. The molecule has 1 N–H and O–H groups in total. The number of nitrogens with zero attached hydrogens (tertiary/aromatic N) is 4. The van der Waals surface area contributed by atoms with E-state index in [-0.39, 0.29) is 11.2 Å². The number of benzene rings is 5. The summed E-state index contributed by atoms with van der Waals surface area (Å²) in [5, 5.41) is 11.2. The first-order valence-corrected chi connectivity index (χ1v) is 17.2. The van der Waals surface area contributed by atoms with Gasteiger partial charge in [0.15, 0.2) is 11.5 Å². The summed E-state index contributed by atoms with van der Waals surface area (Å²) >= 11 is 0. The molecule has 51 heavy (non-hydrogen) atoms. The topological polar surface area (TPSA) is 63.8 Å². The van der Waals surface area contributed by atoms with Gasteiger partial charge in [0.2, 0.25) is 0 Å². The smallest absolute Gasteiger partial charge is 0.165 e. The van der Waals surface area contributed by atoms with E-state index in [1.165, 1.54) is 11.1 Å². The van der Waals surface area contributed by atoms with E-state index in [1.807, 2.05) is 71.6 Å². The van der Waals surface area contributed by atoms with Crippen molar-refractivity contribution in [2.75, 3.05) is 0 Å². The number of rotatable bonds is 6. The number of aryl methyl sites for hydroxylation is 1. The van der Waals surface area contributed by atoms with Crippen molar-refractivity contribution in [2.24, 2.45) is 0 Å². The minimum Gasteiger partial charge on any atom is -0.507 e. The molecule has 5 heteroatoms. The molecule has 8 rings (SSSR count). The van der Waals surface area contributed by atoms with Gasteiger partial charge >= 0.3 is 0 Å². The third-order valence-electron chi connectivity index (χ3n) is 9.54. The third kappa shape index (κ3) is 6.08. The molecule has 5 aromatic carbocycles. The molecule has 0 atom stereocenters. The Morgan fingerprint density at radius 3 is 1.98 bits per heavy atom. The van der Waals surface area contributed by atoms with Crippen molar-refractivity contribution in [3.8, 4) is 67.5 Å². The molecule has 8 aromatic rings. The van der Waals surface area contributed by atoms with E-state index in [1.54, 1.807) is 6.07 Å². The van der Waals surface area contributed by atoms with Crippen LogP contribution in [0.25, 0.3) is 72.9 Å². The number of pyridine rings is 2. The monoisotopic (exact) mass is 662 g/mol. The van der Waals surface area contributed by atoms with E-state index in [4.69, 9.17) is 15.0 Å².